The van der Waals surface area contributed by atoms with E-state index in [1.165, 1.54) is 4.90 Å². The first-order chi connectivity index (χ1) is 17.6. The third kappa shape index (κ3) is 8.10. The molecule has 2 aromatic rings. The number of ether oxygens (including phenoxy) is 1. The number of hydrogen-bond acceptors (Lipinski definition) is 4. The van der Waals surface area contributed by atoms with Gasteiger partial charge < -0.3 is 15.2 Å². The largest absolute Gasteiger partial charge is 0.444 e. The minimum absolute atomic E-state index is 0.0977. The molecule has 0 radical (unpaired) electrons. The molecule has 3 atom stereocenters. The maximum Gasteiger partial charge on any atom is 0.416 e. The number of likely N-dealkylation sites (tertiary alicyclic amines) is 1. The van der Waals surface area contributed by atoms with Crippen molar-refractivity contribution in [2.45, 2.75) is 82.7 Å². The lowest BCUT2D eigenvalue weighted by Crippen LogP contribution is -2.58. The first-order valence-corrected chi connectivity index (χ1v) is 12.2. The van der Waals surface area contributed by atoms with E-state index in [9.17, 15) is 36.2 Å². The quantitative estimate of drug-likeness (QED) is 0.425. The van der Waals surface area contributed by atoms with Crippen LogP contribution >= 0.6 is 0 Å². The molecule has 1 unspecified atom stereocenters. The maximum absolute atomic E-state index is 13.3. The average molecular weight is 547 g/mol. The van der Waals surface area contributed by atoms with Crippen LogP contribution in [0.1, 0.15) is 55.9 Å². The summed E-state index contributed by atoms with van der Waals surface area (Å²) in [6, 6.07) is 9.35. The Balaban J connectivity index is 1.84. The molecule has 210 valence electrons. The Morgan fingerprint density at radius 3 is 1.97 bits per heavy atom. The van der Waals surface area contributed by atoms with Crippen LogP contribution in [-0.4, -0.2) is 46.4 Å². The fourth-order valence-corrected chi connectivity index (χ4v) is 4.67. The minimum Gasteiger partial charge on any atom is -0.444 e. The molecule has 11 heteroatoms. The van der Waals surface area contributed by atoms with E-state index in [2.05, 4.69) is 5.32 Å². The average Bonchev–Trinajstić information content (AvgIpc) is 2.80. The van der Waals surface area contributed by atoms with Gasteiger partial charge in [0, 0.05) is 18.6 Å². The van der Waals surface area contributed by atoms with E-state index in [1.807, 2.05) is 30.3 Å². The zero-order valence-electron chi connectivity index (χ0n) is 21.4. The number of carbonyl (C=O) groups is 1. The van der Waals surface area contributed by atoms with Crippen LogP contribution < -0.4 is 5.32 Å². The second-order valence-electron chi connectivity index (χ2n) is 10.5. The Morgan fingerprint density at radius 1 is 0.921 bits per heavy atom. The Kier molecular flexibility index (Phi) is 9.03. The summed E-state index contributed by atoms with van der Waals surface area (Å²) in [5, 5.41) is 13.2. The Morgan fingerprint density at radius 2 is 1.47 bits per heavy atom. The van der Waals surface area contributed by atoms with Gasteiger partial charge in [-0.25, -0.2) is 4.79 Å². The van der Waals surface area contributed by atoms with Crippen molar-refractivity contribution >= 4 is 6.09 Å². The summed E-state index contributed by atoms with van der Waals surface area (Å²) in [7, 11) is 0. The summed E-state index contributed by atoms with van der Waals surface area (Å²) >= 11 is 0. The summed E-state index contributed by atoms with van der Waals surface area (Å²) in [6.07, 6.45) is -9.43. The second kappa shape index (κ2) is 11.5. The molecule has 1 aliphatic heterocycles. The predicted octanol–water partition coefficient (Wildman–Crippen LogP) is 6.19. The summed E-state index contributed by atoms with van der Waals surface area (Å²) in [4.78, 5) is 14.6. The van der Waals surface area contributed by atoms with Crippen LogP contribution in [0.3, 0.4) is 0 Å². The molecule has 0 bridgehead atoms. The number of halogens is 6. The third-order valence-corrected chi connectivity index (χ3v) is 6.27. The lowest BCUT2D eigenvalue weighted by molar-refractivity contribution is -0.143. The Labute approximate surface area is 217 Å². The molecule has 0 aliphatic carbocycles. The highest BCUT2D eigenvalue weighted by Crippen LogP contribution is 2.36. The van der Waals surface area contributed by atoms with Crippen LogP contribution in [-0.2, 0) is 30.1 Å². The van der Waals surface area contributed by atoms with Crippen LogP contribution in [0.2, 0.25) is 0 Å². The van der Waals surface area contributed by atoms with Crippen molar-refractivity contribution in [2.24, 2.45) is 0 Å². The fourth-order valence-electron chi connectivity index (χ4n) is 4.67. The number of nitrogens with zero attached hydrogens (tertiary/aromatic N) is 1. The minimum atomic E-state index is -4.93. The van der Waals surface area contributed by atoms with E-state index < -0.39 is 47.3 Å². The first kappa shape index (κ1) is 29.8. The molecule has 38 heavy (non-hydrogen) atoms. The Hall–Kier alpha value is -2.79. The monoisotopic (exact) mass is 546 g/mol. The number of carbonyl (C=O) groups excluding carboxylic acids is 1. The molecule has 1 fully saturated rings. The van der Waals surface area contributed by atoms with Gasteiger partial charge in [0.25, 0.3) is 0 Å². The van der Waals surface area contributed by atoms with Crippen molar-refractivity contribution in [3.8, 4) is 0 Å². The normalized spacial score (nSPS) is 20.9. The molecule has 1 aliphatic rings. The molecule has 1 saturated heterocycles. The van der Waals surface area contributed by atoms with E-state index in [-0.39, 0.29) is 37.2 Å². The van der Waals surface area contributed by atoms with E-state index in [0.29, 0.717) is 25.0 Å². The van der Waals surface area contributed by atoms with Crippen LogP contribution in [0, 0.1) is 0 Å². The zero-order chi connectivity index (χ0) is 28.3. The predicted molar refractivity (Wildman–Crippen MR) is 129 cm³/mol. The maximum atomic E-state index is 13.3. The lowest BCUT2D eigenvalue weighted by Gasteiger charge is -2.45. The van der Waals surface area contributed by atoms with E-state index in [0.717, 1.165) is 5.56 Å². The number of aliphatic hydroxyl groups is 1. The van der Waals surface area contributed by atoms with Crippen LogP contribution in [0.25, 0.3) is 0 Å². The molecule has 0 saturated carbocycles. The van der Waals surface area contributed by atoms with Gasteiger partial charge in [-0.1, -0.05) is 30.3 Å². The van der Waals surface area contributed by atoms with Gasteiger partial charge in [0.05, 0.1) is 23.8 Å². The van der Waals surface area contributed by atoms with Crippen LogP contribution in [0.5, 0.6) is 0 Å². The smallest absolute Gasteiger partial charge is 0.416 e. The number of hydrogen-bond donors (Lipinski definition) is 2. The van der Waals surface area contributed by atoms with Crippen molar-refractivity contribution in [1.29, 1.82) is 0 Å². The van der Waals surface area contributed by atoms with Gasteiger partial charge in [0.1, 0.15) is 5.60 Å². The Bertz CT molecular complexity index is 1050. The van der Waals surface area contributed by atoms with Crippen molar-refractivity contribution < 1.29 is 41.0 Å². The SMILES string of the molecule is CC(C)(C)OC(=O)N1C(CO)C[C@@H](NCc2cc(C(F)(F)F)cc(C(F)(F)F)c2)C[C@H]1Cc1ccccc1. The molecule has 2 aromatic carbocycles. The van der Waals surface area contributed by atoms with Gasteiger partial charge in [0.2, 0.25) is 0 Å². The molecular formula is C27H32F6N2O3. The van der Waals surface area contributed by atoms with Crippen molar-refractivity contribution in [3.63, 3.8) is 0 Å². The van der Waals surface area contributed by atoms with Crippen LogP contribution in [0.15, 0.2) is 48.5 Å². The number of alkyl halides is 6. The first-order valence-electron chi connectivity index (χ1n) is 12.2. The molecule has 0 aromatic heterocycles. The van der Waals surface area contributed by atoms with Crippen molar-refractivity contribution in [1.82, 2.24) is 10.2 Å². The van der Waals surface area contributed by atoms with Crippen LogP contribution in [0.4, 0.5) is 31.1 Å². The number of amides is 1. The number of benzene rings is 2. The molecule has 0 spiro atoms. The highest BCUT2D eigenvalue weighted by atomic mass is 19.4. The van der Waals surface area contributed by atoms with Gasteiger partial charge in [-0.3, -0.25) is 4.90 Å². The molecular weight excluding hydrogens is 514 g/mol. The number of aliphatic hydroxyl groups excluding tert-OH is 1. The van der Waals surface area contributed by atoms with Gasteiger partial charge in [-0.15, -0.1) is 0 Å². The highest BCUT2D eigenvalue weighted by molar-refractivity contribution is 5.69. The fraction of sp³-hybridized carbons (Fsp3) is 0.519. The van der Waals surface area contributed by atoms with Gasteiger partial charge >= 0.3 is 18.4 Å². The van der Waals surface area contributed by atoms with E-state index in [4.69, 9.17) is 4.74 Å². The summed E-state index contributed by atoms with van der Waals surface area (Å²) in [5.41, 5.74) is -2.76. The summed E-state index contributed by atoms with van der Waals surface area (Å²) in [5.74, 6) is 0. The second-order valence-corrected chi connectivity index (χ2v) is 10.5. The third-order valence-electron chi connectivity index (χ3n) is 6.27. The summed E-state index contributed by atoms with van der Waals surface area (Å²) in [6.45, 7) is 4.54. The topological polar surface area (TPSA) is 61.8 Å². The number of nitrogens with one attached hydrogen (secondary N) is 1. The highest BCUT2D eigenvalue weighted by Gasteiger charge is 2.41. The van der Waals surface area contributed by atoms with E-state index >= 15 is 0 Å². The lowest BCUT2D eigenvalue weighted by atomic mass is 9.88. The van der Waals surface area contributed by atoms with Gasteiger partial charge in [-0.2, -0.15) is 26.3 Å². The van der Waals surface area contributed by atoms with Gasteiger partial charge in [-0.05, 0) is 69.4 Å². The standard InChI is InChI=1S/C27H32F6N2O3/c1-25(2,3)38-24(37)35-22(11-17-7-5-4-6-8-17)13-21(14-23(35)16-36)34-15-18-9-19(26(28,29)30)12-20(10-18)27(31,32)33/h4-10,12,21-23,34,36H,11,13-16H2,1-3H3/t21-,22+,23?/m0/s1. The number of piperidine rings is 1. The van der Waals surface area contributed by atoms with Crippen molar-refractivity contribution in [2.75, 3.05) is 6.61 Å². The molecule has 1 amide bonds. The molecule has 1 heterocycles. The van der Waals surface area contributed by atoms with E-state index in [1.54, 1.807) is 20.8 Å². The van der Waals surface area contributed by atoms with Crippen molar-refractivity contribution in [3.05, 3.63) is 70.8 Å². The zero-order valence-corrected chi connectivity index (χ0v) is 21.4. The molecule has 5 nitrogen and oxygen atoms in total. The molecule has 2 N–H and O–H groups in total. The number of rotatable bonds is 6. The molecule has 3 rings (SSSR count). The summed E-state index contributed by atoms with van der Waals surface area (Å²) < 4.78 is 85.1. The van der Waals surface area contributed by atoms with Gasteiger partial charge in [0.15, 0.2) is 0 Å².